The van der Waals surface area contributed by atoms with Crippen LogP contribution in [-0.2, 0) is 7.05 Å². The number of hydrogen-bond acceptors (Lipinski definition) is 2. The number of pyridine rings is 1. The quantitative estimate of drug-likeness (QED) is 0.147. The van der Waals surface area contributed by atoms with E-state index >= 15 is 0 Å². The lowest BCUT2D eigenvalue weighted by Gasteiger charge is -2.19. The van der Waals surface area contributed by atoms with Gasteiger partial charge in [-0.3, -0.25) is 0 Å². The number of imidazole rings is 1. The molecule has 48 heavy (non-hydrogen) atoms. The van der Waals surface area contributed by atoms with E-state index in [-0.39, 0.29) is 0 Å². The van der Waals surface area contributed by atoms with Crippen LogP contribution < -0.4 is 0 Å². The maximum absolute atomic E-state index is 5.36. The Morgan fingerprint density at radius 3 is 1.73 bits per heavy atom. The smallest absolute Gasteiger partial charge is 0.142 e. The van der Waals surface area contributed by atoms with E-state index in [2.05, 4.69) is 163 Å². The minimum atomic E-state index is 0.950. The molecular weight excluding hydrogens is 583 g/mol. The average molecular weight is 612 g/mol. The number of benzene rings is 8. The molecule has 10 aromatic rings. The predicted octanol–water partition coefficient (Wildman–Crippen LogP) is 11.7. The van der Waals surface area contributed by atoms with Crippen LogP contribution in [0.15, 0.2) is 158 Å². The van der Waals surface area contributed by atoms with Crippen molar-refractivity contribution in [2.75, 3.05) is 0 Å². The molecule has 8 aromatic carbocycles. The van der Waals surface area contributed by atoms with Gasteiger partial charge < -0.3 is 4.57 Å². The summed E-state index contributed by atoms with van der Waals surface area (Å²) >= 11 is 0. The van der Waals surface area contributed by atoms with E-state index in [1.165, 1.54) is 54.2 Å². The molecule has 2 aromatic heterocycles. The Morgan fingerprint density at radius 1 is 0.417 bits per heavy atom. The van der Waals surface area contributed by atoms with E-state index in [0.717, 1.165) is 44.6 Å². The van der Waals surface area contributed by atoms with Gasteiger partial charge in [-0.15, -0.1) is 0 Å². The van der Waals surface area contributed by atoms with Crippen LogP contribution in [0.1, 0.15) is 0 Å². The average Bonchev–Trinajstić information content (AvgIpc) is 3.48. The Morgan fingerprint density at radius 2 is 1.00 bits per heavy atom. The molecule has 0 spiro atoms. The number of aromatic nitrogens is 3. The van der Waals surface area contributed by atoms with Gasteiger partial charge in [-0.1, -0.05) is 127 Å². The summed E-state index contributed by atoms with van der Waals surface area (Å²) in [6, 6.07) is 56.6. The maximum atomic E-state index is 5.36. The molecule has 0 saturated carbocycles. The lowest BCUT2D eigenvalue weighted by molar-refractivity contribution is 0.962. The van der Waals surface area contributed by atoms with Crippen LogP contribution in [0, 0.1) is 0 Å². The molecule has 0 unspecified atom stereocenters. The first-order valence-corrected chi connectivity index (χ1v) is 16.4. The molecule has 0 aliphatic rings. The molecule has 0 fully saturated rings. The fraction of sp³-hybridized carbons (Fsp3) is 0.0222. The van der Waals surface area contributed by atoms with E-state index in [0.29, 0.717) is 0 Å². The molecule has 0 amide bonds. The monoisotopic (exact) mass is 611 g/mol. The largest absolute Gasteiger partial charge is 0.327 e. The van der Waals surface area contributed by atoms with E-state index in [1.54, 1.807) is 0 Å². The molecule has 0 aliphatic heterocycles. The van der Waals surface area contributed by atoms with Crippen molar-refractivity contribution in [1.29, 1.82) is 0 Å². The van der Waals surface area contributed by atoms with Crippen molar-refractivity contribution in [3.05, 3.63) is 158 Å². The summed E-state index contributed by atoms with van der Waals surface area (Å²) in [4.78, 5) is 10.3. The standard InChI is InChI=1S/C45H29N3/c1-48-42-25-23-30(40-24-22-28-12-3-11-21-39(28)46-40)27-41(42)47-45(48)44-36-19-9-7-17-34(36)43(35-18-8-10-20-37(35)44)38-26-29-13-2-4-14-31(29)32-15-5-6-16-33(32)38/h2-27H,1H3. The number of fused-ring (bicyclic) bond motifs is 7. The third-order valence-corrected chi connectivity index (χ3v) is 9.97. The van der Waals surface area contributed by atoms with Crippen molar-refractivity contribution in [2.45, 2.75) is 0 Å². The highest BCUT2D eigenvalue weighted by Crippen LogP contribution is 2.46. The lowest BCUT2D eigenvalue weighted by atomic mass is 9.85. The first-order chi connectivity index (χ1) is 23.7. The summed E-state index contributed by atoms with van der Waals surface area (Å²) in [5.41, 5.74) is 8.71. The first-order valence-electron chi connectivity index (χ1n) is 16.4. The Hall–Kier alpha value is -6.32. The second-order valence-electron chi connectivity index (χ2n) is 12.6. The van der Waals surface area contributed by atoms with Crippen molar-refractivity contribution >= 4 is 65.0 Å². The summed E-state index contributed by atoms with van der Waals surface area (Å²) in [7, 11) is 2.13. The van der Waals surface area contributed by atoms with Gasteiger partial charge in [0.15, 0.2) is 0 Å². The first kappa shape index (κ1) is 26.9. The van der Waals surface area contributed by atoms with Crippen molar-refractivity contribution in [1.82, 2.24) is 14.5 Å². The molecular formula is C45H29N3. The summed E-state index contributed by atoms with van der Waals surface area (Å²) in [5.74, 6) is 0.955. The van der Waals surface area contributed by atoms with Gasteiger partial charge >= 0.3 is 0 Å². The van der Waals surface area contributed by atoms with E-state index in [9.17, 15) is 0 Å². The van der Waals surface area contributed by atoms with E-state index in [1.807, 2.05) is 6.07 Å². The molecule has 0 atom stereocenters. The third kappa shape index (κ3) is 3.94. The van der Waals surface area contributed by atoms with Crippen molar-refractivity contribution in [2.24, 2.45) is 7.05 Å². The minimum Gasteiger partial charge on any atom is -0.327 e. The zero-order valence-corrected chi connectivity index (χ0v) is 26.4. The summed E-state index contributed by atoms with van der Waals surface area (Å²) < 4.78 is 2.24. The molecule has 0 radical (unpaired) electrons. The summed E-state index contributed by atoms with van der Waals surface area (Å²) in [6.07, 6.45) is 0. The number of rotatable bonds is 3. The highest BCUT2D eigenvalue weighted by molar-refractivity contribution is 6.25. The van der Waals surface area contributed by atoms with Gasteiger partial charge in [0.25, 0.3) is 0 Å². The van der Waals surface area contributed by atoms with Gasteiger partial charge in [-0.2, -0.15) is 0 Å². The third-order valence-electron chi connectivity index (χ3n) is 9.97. The second-order valence-corrected chi connectivity index (χ2v) is 12.6. The lowest BCUT2D eigenvalue weighted by Crippen LogP contribution is -1.97. The summed E-state index contributed by atoms with van der Waals surface area (Å²) in [6.45, 7) is 0. The van der Waals surface area contributed by atoms with Gasteiger partial charge in [-0.25, -0.2) is 9.97 Å². The minimum absolute atomic E-state index is 0.950. The van der Waals surface area contributed by atoms with E-state index < -0.39 is 0 Å². The SMILES string of the molecule is Cn1c(-c2c3ccccc3c(-c3cc4ccccc4c4ccccc34)c3ccccc23)nc2cc(-c3ccc4ccccc4n3)ccc21. The molecule has 10 rings (SSSR count). The Balaban J connectivity index is 1.25. The maximum Gasteiger partial charge on any atom is 0.142 e. The number of aryl methyl sites for hydroxylation is 1. The van der Waals surface area contributed by atoms with Crippen LogP contribution in [0.25, 0.3) is 98.8 Å². The fourth-order valence-corrected chi connectivity index (χ4v) is 7.73. The predicted molar refractivity (Wildman–Crippen MR) is 202 cm³/mol. The Bertz CT molecular complexity index is 2860. The van der Waals surface area contributed by atoms with Crippen molar-refractivity contribution in [3.8, 4) is 33.8 Å². The van der Waals surface area contributed by atoms with Crippen LogP contribution >= 0.6 is 0 Å². The molecule has 2 heterocycles. The normalized spacial score (nSPS) is 11.9. The zero-order chi connectivity index (χ0) is 31.8. The molecule has 224 valence electrons. The number of para-hydroxylation sites is 1. The number of nitrogens with zero attached hydrogens (tertiary/aromatic N) is 3. The Labute approximate surface area is 277 Å². The molecule has 0 N–H and O–H groups in total. The molecule has 0 saturated heterocycles. The van der Waals surface area contributed by atoms with Crippen LogP contribution in [0.3, 0.4) is 0 Å². The van der Waals surface area contributed by atoms with E-state index in [4.69, 9.17) is 9.97 Å². The molecule has 3 heteroatoms. The van der Waals surface area contributed by atoms with Crippen molar-refractivity contribution in [3.63, 3.8) is 0 Å². The van der Waals surface area contributed by atoms with Crippen LogP contribution in [0.4, 0.5) is 0 Å². The van der Waals surface area contributed by atoms with Crippen molar-refractivity contribution < 1.29 is 0 Å². The summed E-state index contributed by atoms with van der Waals surface area (Å²) in [5, 5.41) is 11.0. The van der Waals surface area contributed by atoms with Crippen LogP contribution in [-0.4, -0.2) is 14.5 Å². The molecule has 3 nitrogen and oxygen atoms in total. The van der Waals surface area contributed by atoms with Gasteiger partial charge in [0, 0.05) is 23.6 Å². The Kier molecular flexibility index (Phi) is 5.79. The second kappa shape index (κ2) is 10.3. The van der Waals surface area contributed by atoms with Gasteiger partial charge in [0.05, 0.1) is 22.2 Å². The number of hydrogen-bond donors (Lipinski definition) is 0. The fourth-order valence-electron chi connectivity index (χ4n) is 7.73. The topological polar surface area (TPSA) is 30.7 Å². The van der Waals surface area contributed by atoms with Gasteiger partial charge in [0.1, 0.15) is 5.82 Å². The molecule has 0 bridgehead atoms. The van der Waals surface area contributed by atoms with Crippen LogP contribution in [0.5, 0.6) is 0 Å². The highest BCUT2D eigenvalue weighted by atomic mass is 15.1. The molecule has 0 aliphatic carbocycles. The van der Waals surface area contributed by atoms with Gasteiger partial charge in [-0.05, 0) is 84.5 Å². The van der Waals surface area contributed by atoms with Gasteiger partial charge in [0.2, 0.25) is 0 Å². The van der Waals surface area contributed by atoms with Crippen LogP contribution in [0.2, 0.25) is 0 Å². The zero-order valence-electron chi connectivity index (χ0n) is 26.4. The highest BCUT2D eigenvalue weighted by Gasteiger charge is 2.22.